The lowest BCUT2D eigenvalue weighted by molar-refractivity contribution is -0.274. The summed E-state index contributed by atoms with van der Waals surface area (Å²) in [4.78, 5) is 0. The van der Waals surface area contributed by atoms with E-state index in [1.807, 2.05) is 0 Å². The molecule has 1 aromatic rings. The number of halogens is 4. The van der Waals surface area contributed by atoms with Gasteiger partial charge in [-0.25, -0.2) is 0 Å². The van der Waals surface area contributed by atoms with Crippen LogP contribution in [-0.2, 0) is 6.54 Å². The van der Waals surface area contributed by atoms with Crippen molar-refractivity contribution in [2.45, 2.75) is 32.8 Å². The van der Waals surface area contributed by atoms with E-state index in [0.717, 1.165) is 10.9 Å². The Morgan fingerprint density at radius 1 is 1.21 bits per heavy atom. The van der Waals surface area contributed by atoms with Gasteiger partial charge in [0.1, 0.15) is 5.75 Å². The third kappa shape index (κ3) is 6.29. The Bertz CT molecular complexity index is 378. The maximum Gasteiger partial charge on any atom is 0.573 e. The van der Waals surface area contributed by atoms with E-state index in [0.29, 0.717) is 18.5 Å². The fraction of sp³-hybridized carbons (Fsp3) is 0.538. The standard InChI is InChI=1S/C13H17BrF3NO/c1-9(2)12(7-14)18-8-10-3-5-11(6-4-10)19-13(15,16)17/h3-6,9,12,18H,7-8H2,1-2H3. The molecule has 0 radical (unpaired) electrons. The molecule has 1 N–H and O–H groups in total. The van der Waals surface area contributed by atoms with Crippen molar-refractivity contribution in [2.75, 3.05) is 5.33 Å². The molecular formula is C13H17BrF3NO. The molecule has 0 aliphatic rings. The molecule has 0 bridgehead atoms. The molecular weight excluding hydrogens is 323 g/mol. The van der Waals surface area contributed by atoms with E-state index in [2.05, 4.69) is 39.8 Å². The highest BCUT2D eigenvalue weighted by atomic mass is 79.9. The zero-order valence-corrected chi connectivity index (χ0v) is 12.4. The topological polar surface area (TPSA) is 21.3 Å². The van der Waals surface area contributed by atoms with Gasteiger partial charge in [0.15, 0.2) is 0 Å². The van der Waals surface area contributed by atoms with Crippen LogP contribution in [0.15, 0.2) is 24.3 Å². The van der Waals surface area contributed by atoms with Crippen molar-refractivity contribution in [3.05, 3.63) is 29.8 Å². The SMILES string of the molecule is CC(C)C(CBr)NCc1ccc(OC(F)(F)F)cc1. The molecule has 0 heterocycles. The predicted molar refractivity (Wildman–Crippen MR) is 72.4 cm³/mol. The molecule has 2 nitrogen and oxygen atoms in total. The minimum absolute atomic E-state index is 0.197. The predicted octanol–water partition coefficient (Wildman–Crippen LogP) is 4.09. The van der Waals surface area contributed by atoms with Crippen LogP contribution < -0.4 is 10.1 Å². The molecule has 0 amide bonds. The Labute approximate surface area is 119 Å². The molecule has 1 aromatic carbocycles. The van der Waals surface area contributed by atoms with Gasteiger partial charge in [-0.1, -0.05) is 41.9 Å². The molecule has 0 saturated carbocycles. The minimum Gasteiger partial charge on any atom is -0.406 e. The van der Waals surface area contributed by atoms with Gasteiger partial charge in [-0.2, -0.15) is 0 Å². The smallest absolute Gasteiger partial charge is 0.406 e. The van der Waals surface area contributed by atoms with Crippen molar-refractivity contribution in [3.63, 3.8) is 0 Å². The van der Waals surface area contributed by atoms with Crippen molar-refractivity contribution < 1.29 is 17.9 Å². The van der Waals surface area contributed by atoms with Gasteiger partial charge in [-0.3, -0.25) is 0 Å². The lowest BCUT2D eigenvalue weighted by atomic mass is 10.1. The largest absolute Gasteiger partial charge is 0.573 e. The van der Waals surface area contributed by atoms with E-state index in [1.54, 1.807) is 12.1 Å². The van der Waals surface area contributed by atoms with Crippen molar-refractivity contribution in [3.8, 4) is 5.75 Å². The van der Waals surface area contributed by atoms with Crippen LogP contribution >= 0.6 is 15.9 Å². The van der Waals surface area contributed by atoms with Crippen LogP contribution in [0, 0.1) is 5.92 Å². The average Bonchev–Trinajstić information content (AvgIpc) is 2.29. The van der Waals surface area contributed by atoms with Gasteiger partial charge in [0.2, 0.25) is 0 Å². The quantitative estimate of drug-likeness (QED) is 0.788. The van der Waals surface area contributed by atoms with Crippen LogP contribution in [0.4, 0.5) is 13.2 Å². The number of hydrogen-bond donors (Lipinski definition) is 1. The molecule has 0 fully saturated rings. The summed E-state index contributed by atoms with van der Waals surface area (Å²) in [5.41, 5.74) is 0.918. The molecule has 1 rings (SSSR count). The number of nitrogens with one attached hydrogen (secondary N) is 1. The zero-order chi connectivity index (χ0) is 14.5. The fourth-order valence-electron chi connectivity index (χ4n) is 1.53. The summed E-state index contributed by atoms with van der Waals surface area (Å²) in [6.45, 7) is 4.83. The van der Waals surface area contributed by atoms with Gasteiger partial charge in [-0.15, -0.1) is 13.2 Å². The van der Waals surface area contributed by atoms with Crippen LogP contribution in [0.3, 0.4) is 0 Å². The molecule has 1 unspecified atom stereocenters. The molecule has 0 aromatic heterocycles. The van der Waals surface area contributed by atoms with Gasteiger partial charge >= 0.3 is 6.36 Å². The average molecular weight is 340 g/mol. The first kappa shape index (κ1) is 16.3. The van der Waals surface area contributed by atoms with Crippen molar-refractivity contribution in [1.82, 2.24) is 5.32 Å². The van der Waals surface area contributed by atoms with Gasteiger partial charge in [0.25, 0.3) is 0 Å². The van der Waals surface area contributed by atoms with Gasteiger partial charge in [0.05, 0.1) is 0 Å². The zero-order valence-electron chi connectivity index (χ0n) is 10.8. The highest BCUT2D eigenvalue weighted by Crippen LogP contribution is 2.22. The lowest BCUT2D eigenvalue weighted by Crippen LogP contribution is -2.34. The van der Waals surface area contributed by atoms with Crippen LogP contribution in [0.25, 0.3) is 0 Å². The molecule has 6 heteroatoms. The highest BCUT2D eigenvalue weighted by molar-refractivity contribution is 9.09. The number of rotatable bonds is 6. The lowest BCUT2D eigenvalue weighted by Gasteiger charge is -2.20. The number of benzene rings is 1. The van der Waals surface area contributed by atoms with Crippen molar-refractivity contribution in [1.29, 1.82) is 0 Å². The van der Waals surface area contributed by atoms with Crippen LogP contribution in [0.5, 0.6) is 5.75 Å². The van der Waals surface area contributed by atoms with E-state index in [1.165, 1.54) is 12.1 Å². The monoisotopic (exact) mass is 339 g/mol. The van der Waals surface area contributed by atoms with E-state index in [-0.39, 0.29) is 5.75 Å². The fourth-order valence-corrected chi connectivity index (χ4v) is 2.50. The molecule has 0 spiro atoms. The normalized spacial score (nSPS) is 13.6. The van der Waals surface area contributed by atoms with E-state index >= 15 is 0 Å². The Kier molecular flexibility index (Phi) is 6.13. The summed E-state index contributed by atoms with van der Waals surface area (Å²) in [5, 5.41) is 4.18. The summed E-state index contributed by atoms with van der Waals surface area (Å²) in [6.07, 6.45) is -4.64. The summed E-state index contributed by atoms with van der Waals surface area (Å²) < 4.78 is 39.8. The molecule has 19 heavy (non-hydrogen) atoms. The molecule has 1 atom stereocenters. The maximum atomic E-state index is 12.0. The molecule has 0 saturated heterocycles. The highest BCUT2D eigenvalue weighted by Gasteiger charge is 2.30. The first-order chi connectivity index (χ1) is 8.81. The number of ether oxygens (including phenoxy) is 1. The molecule has 0 aliphatic carbocycles. The Morgan fingerprint density at radius 2 is 1.79 bits per heavy atom. The van der Waals surface area contributed by atoms with Gasteiger partial charge < -0.3 is 10.1 Å². The van der Waals surface area contributed by atoms with Crippen molar-refractivity contribution >= 4 is 15.9 Å². The van der Waals surface area contributed by atoms with Crippen LogP contribution in [0.1, 0.15) is 19.4 Å². The Balaban J connectivity index is 2.53. The van der Waals surface area contributed by atoms with Gasteiger partial charge in [0, 0.05) is 17.9 Å². The Hall–Kier alpha value is -0.750. The second kappa shape index (κ2) is 7.14. The van der Waals surface area contributed by atoms with E-state index < -0.39 is 6.36 Å². The number of alkyl halides is 4. The third-order valence-corrected chi connectivity index (χ3v) is 3.39. The van der Waals surface area contributed by atoms with Gasteiger partial charge in [-0.05, 0) is 23.6 Å². The first-order valence-corrected chi connectivity index (χ1v) is 7.08. The Morgan fingerprint density at radius 3 is 2.21 bits per heavy atom. The molecule has 108 valence electrons. The molecule has 0 aliphatic heterocycles. The summed E-state index contributed by atoms with van der Waals surface area (Å²) in [5.74, 6) is 0.282. The van der Waals surface area contributed by atoms with E-state index in [4.69, 9.17) is 0 Å². The second-order valence-corrected chi connectivity index (χ2v) is 5.22. The van der Waals surface area contributed by atoms with Crippen LogP contribution in [-0.4, -0.2) is 17.7 Å². The first-order valence-electron chi connectivity index (χ1n) is 5.96. The number of hydrogen-bond acceptors (Lipinski definition) is 2. The minimum atomic E-state index is -4.64. The second-order valence-electron chi connectivity index (χ2n) is 4.58. The summed E-state index contributed by atoms with van der Waals surface area (Å²) >= 11 is 3.43. The van der Waals surface area contributed by atoms with Crippen LogP contribution in [0.2, 0.25) is 0 Å². The summed E-state index contributed by atoms with van der Waals surface area (Å²) in [6, 6.07) is 6.22. The summed E-state index contributed by atoms with van der Waals surface area (Å²) in [7, 11) is 0. The van der Waals surface area contributed by atoms with Crippen molar-refractivity contribution in [2.24, 2.45) is 5.92 Å². The maximum absolute atomic E-state index is 12.0. The third-order valence-electron chi connectivity index (χ3n) is 2.70. The van der Waals surface area contributed by atoms with E-state index in [9.17, 15) is 13.2 Å².